The van der Waals surface area contributed by atoms with E-state index in [0.717, 1.165) is 0 Å². The van der Waals surface area contributed by atoms with Crippen molar-refractivity contribution in [2.75, 3.05) is 13.7 Å². The van der Waals surface area contributed by atoms with Crippen LogP contribution in [0.2, 0.25) is 0 Å². The number of methoxy groups -OCH3 is 1. The number of phenolic OH excluding ortho intramolecular Hbond substituents is 2. The molecule has 0 spiro atoms. The van der Waals surface area contributed by atoms with E-state index in [0.29, 0.717) is 0 Å². The minimum Gasteiger partial charge on any atom is -0.507 e. The minimum absolute atomic E-state index is 0.0173. The molecule has 6 atom stereocenters. The number of phenols is 2. The number of benzene rings is 2. The van der Waals surface area contributed by atoms with Crippen molar-refractivity contribution in [2.45, 2.75) is 62.4 Å². The van der Waals surface area contributed by atoms with Gasteiger partial charge in [-0.05, 0) is 13.0 Å². The Morgan fingerprint density at radius 1 is 1.15 bits per heavy atom. The van der Waals surface area contributed by atoms with Crippen LogP contribution in [-0.4, -0.2) is 86.7 Å². The van der Waals surface area contributed by atoms with Crippen LogP contribution in [-0.2, 0) is 20.7 Å². The Hall–Kier alpha value is -3.39. The fraction of sp³-hybridized carbons (Fsp3) is 0.444. The van der Waals surface area contributed by atoms with Gasteiger partial charge in [-0.2, -0.15) is 0 Å². The molecule has 2 unspecified atom stereocenters. The van der Waals surface area contributed by atoms with Crippen molar-refractivity contribution >= 4 is 17.3 Å². The maximum atomic E-state index is 13.6. The molecule has 7 N–H and O–H groups in total. The third-order valence-corrected chi connectivity index (χ3v) is 7.81. The molecule has 2 aromatic rings. The van der Waals surface area contributed by atoms with Crippen molar-refractivity contribution in [1.82, 2.24) is 0 Å². The first-order valence-corrected chi connectivity index (χ1v) is 12.4. The van der Waals surface area contributed by atoms with Crippen LogP contribution in [0.25, 0.3) is 0 Å². The Morgan fingerprint density at radius 2 is 1.85 bits per heavy atom. The van der Waals surface area contributed by atoms with E-state index < -0.39 is 95.7 Å². The number of nitrogens with two attached hydrogens (primary N) is 1. The molecule has 0 amide bonds. The Balaban J connectivity index is 1.69. The van der Waals surface area contributed by atoms with Crippen LogP contribution in [0.4, 0.5) is 0 Å². The van der Waals surface area contributed by atoms with Crippen molar-refractivity contribution in [1.29, 1.82) is 0 Å². The summed E-state index contributed by atoms with van der Waals surface area (Å²) in [6.45, 7) is 0.560. The fourth-order valence-electron chi connectivity index (χ4n) is 5.75. The molecule has 2 aliphatic carbocycles. The van der Waals surface area contributed by atoms with E-state index in [1.165, 1.54) is 25.3 Å². The van der Waals surface area contributed by atoms with Crippen LogP contribution in [0.15, 0.2) is 18.2 Å². The quantitative estimate of drug-likeness (QED) is 0.235. The van der Waals surface area contributed by atoms with Crippen LogP contribution in [0.1, 0.15) is 68.8 Å². The van der Waals surface area contributed by atoms with Crippen LogP contribution in [0, 0.1) is 0 Å². The number of Topliss-reactive ketones (excluding diaryl/α,β-unsaturated/α-hetero) is 1. The number of carbonyl (C=O) groups is 3. The van der Waals surface area contributed by atoms with E-state index in [-0.39, 0.29) is 34.4 Å². The number of aromatic hydroxyl groups is 2. The maximum absolute atomic E-state index is 13.6. The van der Waals surface area contributed by atoms with Gasteiger partial charge in [0, 0.05) is 42.0 Å². The molecule has 1 heterocycles. The molecule has 2 aromatic carbocycles. The summed E-state index contributed by atoms with van der Waals surface area (Å²) in [6.07, 6.45) is -5.12. The van der Waals surface area contributed by atoms with Gasteiger partial charge in [-0.15, -0.1) is 0 Å². The lowest BCUT2D eigenvalue weighted by Crippen LogP contribution is -2.53. The lowest BCUT2D eigenvalue weighted by molar-refractivity contribution is -0.247. The van der Waals surface area contributed by atoms with Gasteiger partial charge in [-0.1, -0.05) is 12.1 Å². The first-order chi connectivity index (χ1) is 18.4. The van der Waals surface area contributed by atoms with E-state index in [4.69, 9.17) is 19.9 Å². The number of fused-ring (bicyclic) bond motifs is 3. The molecule has 208 valence electrons. The molecule has 12 heteroatoms. The molecule has 12 nitrogen and oxygen atoms in total. The number of hydrogen-bond acceptors (Lipinski definition) is 12. The second-order valence-electron chi connectivity index (χ2n) is 10.2. The normalized spacial score (nSPS) is 29.8. The second kappa shape index (κ2) is 9.66. The molecule has 1 fully saturated rings. The van der Waals surface area contributed by atoms with Gasteiger partial charge in [0.2, 0.25) is 5.78 Å². The van der Waals surface area contributed by atoms with Crippen LogP contribution >= 0.6 is 0 Å². The summed E-state index contributed by atoms with van der Waals surface area (Å²) in [5.41, 5.74) is 2.37. The number of ketones is 3. The smallest absolute Gasteiger partial charge is 0.202 e. The number of ether oxygens (including phenoxy) is 3. The SMILES string of the molecule is COc1cccc2c1C(=O)c1c(O)c3c(c(O)c1C2=O)C[C@@](O)(C(=O)CO)C[C@@H]3O[C@H]1CC(N)[C@H](O)C(C)O1. The van der Waals surface area contributed by atoms with Gasteiger partial charge in [0.1, 0.15) is 29.5 Å². The minimum atomic E-state index is -2.24. The van der Waals surface area contributed by atoms with Crippen molar-refractivity contribution in [2.24, 2.45) is 5.73 Å². The van der Waals surface area contributed by atoms with E-state index >= 15 is 0 Å². The molecule has 1 aliphatic heterocycles. The van der Waals surface area contributed by atoms with Crippen molar-refractivity contribution in [3.05, 3.63) is 51.6 Å². The predicted molar refractivity (Wildman–Crippen MR) is 132 cm³/mol. The van der Waals surface area contributed by atoms with Gasteiger partial charge in [0.25, 0.3) is 0 Å². The monoisotopic (exact) mass is 543 g/mol. The summed E-state index contributed by atoms with van der Waals surface area (Å²) in [5, 5.41) is 53.7. The lowest BCUT2D eigenvalue weighted by atomic mass is 9.72. The molecule has 1 saturated heterocycles. The molecular formula is C27H29NO11. The molecule has 0 radical (unpaired) electrons. The number of aliphatic hydroxyl groups is 3. The van der Waals surface area contributed by atoms with Crippen molar-refractivity contribution in [3.8, 4) is 17.2 Å². The topological polar surface area (TPSA) is 206 Å². The van der Waals surface area contributed by atoms with E-state index in [9.17, 15) is 39.9 Å². The average Bonchev–Trinajstić information content (AvgIpc) is 2.90. The molecule has 0 bridgehead atoms. The average molecular weight is 544 g/mol. The highest BCUT2D eigenvalue weighted by molar-refractivity contribution is 6.31. The summed E-state index contributed by atoms with van der Waals surface area (Å²) in [4.78, 5) is 39.7. The molecule has 0 aromatic heterocycles. The summed E-state index contributed by atoms with van der Waals surface area (Å²) < 4.78 is 17.0. The molecule has 0 saturated carbocycles. The van der Waals surface area contributed by atoms with Gasteiger partial charge >= 0.3 is 0 Å². The van der Waals surface area contributed by atoms with E-state index in [1.807, 2.05) is 0 Å². The largest absolute Gasteiger partial charge is 0.507 e. The Labute approximate surface area is 222 Å². The zero-order valence-electron chi connectivity index (χ0n) is 21.2. The highest BCUT2D eigenvalue weighted by Gasteiger charge is 2.50. The van der Waals surface area contributed by atoms with Gasteiger partial charge in [-0.25, -0.2) is 0 Å². The van der Waals surface area contributed by atoms with Gasteiger partial charge in [0.15, 0.2) is 17.9 Å². The standard InChI is InChI=1S/C27H29NO11/c1-10-22(31)13(28)6-17(38-10)39-15-8-27(36,16(30)9-29)7-12-19(15)26(35)21-20(24(12)33)23(32)11-4-3-5-14(37-2)18(11)25(21)34/h3-5,10,13,15,17,22,29,31,33,35-36H,6-9,28H2,1-2H3/t10?,13?,15-,17-,22+,27-/m0/s1. The lowest BCUT2D eigenvalue weighted by Gasteiger charge is -2.42. The summed E-state index contributed by atoms with van der Waals surface area (Å²) >= 11 is 0. The number of hydrogen-bond donors (Lipinski definition) is 6. The molecule has 3 aliphatic rings. The third kappa shape index (κ3) is 4.11. The van der Waals surface area contributed by atoms with E-state index in [1.54, 1.807) is 6.92 Å². The fourth-order valence-corrected chi connectivity index (χ4v) is 5.75. The number of rotatable bonds is 5. The van der Waals surface area contributed by atoms with Gasteiger partial charge < -0.3 is 45.5 Å². The Bertz CT molecular complexity index is 1380. The zero-order valence-corrected chi connectivity index (χ0v) is 21.2. The number of carbonyl (C=O) groups excluding carboxylic acids is 3. The van der Waals surface area contributed by atoms with Crippen LogP contribution in [0.5, 0.6) is 17.2 Å². The predicted octanol–water partition coefficient (Wildman–Crippen LogP) is 0.00130. The Morgan fingerprint density at radius 3 is 2.49 bits per heavy atom. The van der Waals surface area contributed by atoms with Crippen molar-refractivity contribution in [3.63, 3.8) is 0 Å². The molecule has 5 rings (SSSR count). The first kappa shape index (κ1) is 27.2. The summed E-state index contributed by atoms with van der Waals surface area (Å²) in [7, 11) is 1.32. The molecule has 39 heavy (non-hydrogen) atoms. The summed E-state index contributed by atoms with van der Waals surface area (Å²) in [6, 6.07) is 3.64. The zero-order chi connectivity index (χ0) is 28.4. The highest BCUT2D eigenvalue weighted by atomic mass is 16.7. The number of aliphatic hydroxyl groups excluding tert-OH is 2. The van der Waals surface area contributed by atoms with Crippen molar-refractivity contribution < 1.29 is 54.1 Å². The second-order valence-corrected chi connectivity index (χ2v) is 10.2. The summed E-state index contributed by atoms with van der Waals surface area (Å²) in [5.74, 6) is -3.77. The van der Waals surface area contributed by atoms with E-state index in [2.05, 4.69) is 0 Å². The molecular weight excluding hydrogens is 514 g/mol. The van der Waals surface area contributed by atoms with Crippen LogP contribution in [0.3, 0.4) is 0 Å². The van der Waals surface area contributed by atoms with Crippen LogP contribution < -0.4 is 10.5 Å². The third-order valence-electron chi connectivity index (χ3n) is 7.81. The van der Waals surface area contributed by atoms with Gasteiger partial charge in [-0.3, -0.25) is 14.4 Å². The first-order valence-electron chi connectivity index (χ1n) is 12.4. The highest BCUT2D eigenvalue weighted by Crippen LogP contribution is 2.52. The maximum Gasteiger partial charge on any atom is 0.202 e. The van der Waals surface area contributed by atoms with Gasteiger partial charge in [0.05, 0.1) is 42.1 Å². The Kier molecular flexibility index (Phi) is 6.74.